The summed E-state index contributed by atoms with van der Waals surface area (Å²) in [5, 5.41) is 5.04. The van der Waals surface area contributed by atoms with Gasteiger partial charge in [-0.2, -0.15) is 18.3 Å². The molecule has 0 aliphatic carbocycles. The fourth-order valence-corrected chi connectivity index (χ4v) is 2.50. The number of carbonyl (C=O) groups is 1. The van der Waals surface area contributed by atoms with E-state index in [4.69, 9.17) is 0 Å². The van der Waals surface area contributed by atoms with Crippen LogP contribution in [0, 0.1) is 0 Å². The first-order valence-electron chi connectivity index (χ1n) is 8.18. The van der Waals surface area contributed by atoms with E-state index in [2.05, 4.69) is 10.5 Å². The summed E-state index contributed by atoms with van der Waals surface area (Å²) in [4.78, 5) is 12.4. The Hall–Kier alpha value is -3.29. The summed E-state index contributed by atoms with van der Waals surface area (Å²) in [6.07, 6.45) is -3.41. The van der Waals surface area contributed by atoms with E-state index in [0.717, 1.165) is 28.2 Å². The van der Waals surface area contributed by atoms with E-state index in [1.807, 2.05) is 60.7 Å². The Balaban J connectivity index is 1.71. The molecular formula is C19H17F3N4O. The Morgan fingerprint density at radius 1 is 1.00 bits per heavy atom. The smallest absolute Gasteiger partial charge is 0.281 e. The first-order chi connectivity index (χ1) is 12.9. The average Bonchev–Trinajstić information content (AvgIpc) is 3.11. The molecule has 27 heavy (non-hydrogen) atoms. The van der Waals surface area contributed by atoms with Crippen LogP contribution in [0.1, 0.15) is 11.3 Å². The Morgan fingerprint density at radius 3 is 2.22 bits per heavy atom. The van der Waals surface area contributed by atoms with Crippen LogP contribution in [0.3, 0.4) is 0 Å². The van der Waals surface area contributed by atoms with Crippen molar-refractivity contribution in [2.45, 2.75) is 19.3 Å². The van der Waals surface area contributed by atoms with Gasteiger partial charge in [-0.1, -0.05) is 48.5 Å². The fourth-order valence-electron chi connectivity index (χ4n) is 2.50. The number of benzene rings is 2. The third-order valence-corrected chi connectivity index (χ3v) is 3.75. The molecule has 3 rings (SSSR count). The molecule has 5 nitrogen and oxygen atoms in total. The van der Waals surface area contributed by atoms with Gasteiger partial charge in [0.15, 0.2) is 5.69 Å². The van der Waals surface area contributed by atoms with Crippen molar-refractivity contribution in [2.75, 3.05) is 5.01 Å². The fraction of sp³-hybridized carbons (Fsp3) is 0.158. The number of hydrogen-bond acceptors (Lipinski definition) is 3. The van der Waals surface area contributed by atoms with Crippen molar-refractivity contribution in [3.63, 3.8) is 0 Å². The Labute approximate surface area is 154 Å². The summed E-state index contributed by atoms with van der Waals surface area (Å²) in [5.41, 5.74) is 3.43. The van der Waals surface area contributed by atoms with Crippen molar-refractivity contribution < 1.29 is 18.0 Å². The highest BCUT2D eigenvalue weighted by Crippen LogP contribution is 2.27. The van der Waals surface area contributed by atoms with Crippen molar-refractivity contribution >= 4 is 11.6 Å². The number of amides is 1. The van der Waals surface area contributed by atoms with Gasteiger partial charge in [-0.3, -0.25) is 19.9 Å². The van der Waals surface area contributed by atoms with Gasteiger partial charge in [-0.25, -0.2) is 0 Å². The second-order valence-corrected chi connectivity index (χ2v) is 5.84. The Kier molecular flexibility index (Phi) is 5.44. The first-order valence-corrected chi connectivity index (χ1v) is 8.18. The average molecular weight is 374 g/mol. The molecule has 0 aliphatic rings. The Morgan fingerprint density at radius 2 is 1.63 bits per heavy atom. The van der Waals surface area contributed by atoms with E-state index >= 15 is 0 Å². The largest absolute Gasteiger partial charge is 0.435 e. The molecule has 140 valence electrons. The topological polar surface area (TPSA) is 50.2 Å². The number of nitrogens with zero attached hydrogens (tertiary/aromatic N) is 3. The monoisotopic (exact) mass is 374 g/mol. The quantitative estimate of drug-likeness (QED) is 0.671. The van der Waals surface area contributed by atoms with Crippen LogP contribution in [-0.2, 0) is 24.1 Å². The molecule has 0 bridgehead atoms. The van der Waals surface area contributed by atoms with Crippen molar-refractivity contribution in [1.29, 1.82) is 0 Å². The molecule has 2 aromatic carbocycles. The molecule has 0 saturated carbocycles. The minimum Gasteiger partial charge on any atom is -0.281 e. The lowest BCUT2D eigenvalue weighted by Crippen LogP contribution is -2.43. The molecule has 0 saturated heterocycles. The van der Waals surface area contributed by atoms with Crippen LogP contribution in [0.4, 0.5) is 18.9 Å². The number of para-hydroxylation sites is 1. The van der Waals surface area contributed by atoms with Gasteiger partial charge in [-0.05, 0) is 23.8 Å². The maximum Gasteiger partial charge on any atom is 0.435 e. The molecular weight excluding hydrogens is 357 g/mol. The normalized spacial score (nSPS) is 11.2. The molecule has 0 atom stereocenters. The molecule has 1 N–H and O–H groups in total. The molecule has 0 spiro atoms. The zero-order valence-corrected chi connectivity index (χ0v) is 14.2. The lowest BCUT2D eigenvalue weighted by atomic mass is 10.2. The summed E-state index contributed by atoms with van der Waals surface area (Å²) >= 11 is 0. The van der Waals surface area contributed by atoms with E-state index in [1.54, 1.807) is 5.01 Å². The lowest BCUT2D eigenvalue weighted by Gasteiger charge is -2.25. The SMILES string of the molecule is O=C(Cn1ccc(C(F)(F)F)n1)NN(Cc1ccccc1)c1ccccc1. The molecule has 0 fully saturated rings. The van der Waals surface area contributed by atoms with Crippen molar-refractivity contribution in [2.24, 2.45) is 0 Å². The predicted octanol–water partition coefficient (Wildman–Crippen LogP) is 3.64. The predicted molar refractivity (Wildman–Crippen MR) is 94.4 cm³/mol. The highest BCUT2D eigenvalue weighted by atomic mass is 19.4. The van der Waals surface area contributed by atoms with Gasteiger partial charge >= 0.3 is 6.18 Å². The number of carbonyl (C=O) groups excluding carboxylic acids is 1. The van der Waals surface area contributed by atoms with Crippen molar-refractivity contribution in [1.82, 2.24) is 15.2 Å². The third kappa shape index (κ3) is 5.10. The number of rotatable bonds is 6. The number of halogens is 3. The van der Waals surface area contributed by atoms with Gasteiger partial charge < -0.3 is 0 Å². The van der Waals surface area contributed by atoms with Crippen LogP contribution in [0.2, 0.25) is 0 Å². The second kappa shape index (κ2) is 7.94. The van der Waals surface area contributed by atoms with Crippen LogP contribution in [-0.4, -0.2) is 15.7 Å². The Bertz CT molecular complexity index is 879. The minimum atomic E-state index is -4.54. The van der Waals surface area contributed by atoms with Crippen LogP contribution in [0.25, 0.3) is 0 Å². The first kappa shape index (κ1) is 18.5. The molecule has 1 amide bonds. The summed E-state index contributed by atoms with van der Waals surface area (Å²) in [6.45, 7) is 0.0811. The number of alkyl halides is 3. The molecule has 1 aromatic heterocycles. The summed E-state index contributed by atoms with van der Waals surface area (Å²) in [6, 6.07) is 19.6. The van der Waals surface area contributed by atoms with E-state index in [0.29, 0.717) is 6.54 Å². The molecule has 0 aliphatic heterocycles. The van der Waals surface area contributed by atoms with Crippen LogP contribution in [0.15, 0.2) is 72.9 Å². The molecule has 0 unspecified atom stereocenters. The number of nitrogens with one attached hydrogen (secondary N) is 1. The standard InChI is InChI=1S/C19H17F3N4O/c20-19(21,22)17-11-12-25(23-17)14-18(27)24-26(16-9-5-2-6-10-16)13-15-7-3-1-4-8-15/h1-12H,13-14H2,(H,24,27). The maximum atomic E-state index is 12.6. The van der Waals surface area contributed by atoms with Gasteiger partial charge in [0.25, 0.3) is 5.91 Å². The number of anilines is 1. The van der Waals surface area contributed by atoms with Crippen LogP contribution >= 0.6 is 0 Å². The van der Waals surface area contributed by atoms with Gasteiger partial charge in [0, 0.05) is 6.20 Å². The lowest BCUT2D eigenvalue weighted by molar-refractivity contribution is -0.141. The highest BCUT2D eigenvalue weighted by Gasteiger charge is 2.33. The van der Waals surface area contributed by atoms with E-state index in [1.165, 1.54) is 0 Å². The van der Waals surface area contributed by atoms with Crippen molar-refractivity contribution in [3.8, 4) is 0 Å². The zero-order valence-electron chi connectivity index (χ0n) is 14.2. The van der Waals surface area contributed by atoms with E-state index in [-0.39, 0.29) is 6.54 Å². The molecule has 0 radical (unpaired) electrons. The molecule has 8 heteroatoms. The van der Waals surface area contributed by atoms with E-state index in [9.17, 15) is 18.0 Å². The van der Waals surface area contributed by atoms with Crippen LogP contribution < -0.4 is 10.4 Å². The minimum absolute atomic E-state index is 0.325. The summed E-state index contributed by atoms with van der Waals surface area (Å²) < 4.78 is 38.8. The highest BCUT2D eigenvalue weighted by molar-refractivity contribution is 5.77. The third-order valence-electron chi connectivity index (χ3n) is 3.75. The zero-order chi connectivity index (χ0) is 19.3. The number of aromatic nitrogens is 2. The number of hydrazine groups is 1. The second-order valence-electron chi connectivity index (χ2n) is 5.84. The van der Waals surface area contributed by atoms with Gasteiger partial charge in [0.1, 0.15) is 6.54 Å². The molecule has 3 aromatic rings. The van der Waals surface area contributed by atoms with Crippen LogP contribution in [0.5, 0.6) is 0 Å². The van der Waals surface area contributed by atoms with E-state index < -0.39 is 17.8 Å². The summed E-state index contributed by atoms with van der Waals surface area (Å²) in [7, 11) is 0. The maximum absolute atomic E-state index is 12.6. The molecule has 1 heterocycles. The number of hydrogen-bond donors (Lipinski definition) is 1. The van der Waals surface area contributed by atoms with Gasteiger partial charge in [0.2, 0.25) is 0 Å². The van der Waals surface area contributed by atoms with Gasteiger partial charge in [0.05, 0.1) is 12.2 Å². The van der Waals surface area contributed by atoms with Gasteiger partial charge in [-0.15, -0.1) is 0 Å². The van der Waals surface area contributed by atoms with Crippen molar-refractivity contribution in [3.05, 3.63) is 84.2 Å². The summed E-state index contributed by atoms with van der Waals surface area (Å²) in [5.74, 6) is -0.480.